The van der Waals surface area contributed by atoms with Gasteiger partial charge in [0.1, 0.15) is 17.2 Å². The third-order valence-electron chi connectivity index (χ3n) is 3.11. The van der Waals surface area contributed by atoms with Crippen molar-refractivity contribution in [2.24, 2.45) is 0 Å². The van der Waals surface area contributed by atoms with E-state index in [1.54, 1.807) is 0 Å². The molecule has 0 radical (unpaired) electrons. The molecular formula is C16H14BrF2NO. The molecule has 1 unspecified atom stereocenters. The van der Waals surface area contributed by atoms with E-state index in [2.05, 4.69) is 21.2 Å². The Labute approximate surface area is 130 Å². The van der Waals surface area contributed by atoms with Crippen molar-refractivity contribution in [3.63, 3.8) is 0 Å². The highest BCUT2D eigenvalue weighted by Crippen LogP contribution is 2.22. The molecule has 2 nitrogen and oxygen atoms in total. The van der Waals surface area contributed by atoms with Gasteiger partial charge >= 0.3 is 0 Å². The van der Waals surface area contributed by atoms with Gasteiger partial charge in [-0.1, -0.05) is 52.3 Å². The maximum atomic E-state index is 13.8. The molecule has 5 heteroatoms. The number of alkyl halides is 1. The fourth-order valence-electron chi connectivity index (χ4n) is 1.92. The van der Waals surface area contributed by atoms with Gasteiger partial charge in [-0.3, -0.25) is 4.79 Å². The van der Waals surface area contributed by atoms with Gasteiger partial charge < -0.3 is 5.32 Å². The average molecular weight is 354 g/mol. The fraction of sp³-hybridized carbons (Fsp3) is 0.188. The van der Waals surface area contributed by atoms with Crippen LogP contribution in [0.15, 0.2) is 42.5 Å². The number of rotatable bonds is 4. The maximum Gasteiger partial charge on any atom is 0.257 e. The second-order valence-corrected chi connectivity index (χ2v) is 5.75. The standard InChI is InChI=1S/C16H14BrF2NO/c1-10-7-8-13(18)14(15(10)19)16(21)20-9-12(17)11-5-3-2-4-6-11/h2-8,12H,9H2,1H3,(H,20,21). The van der Waals surface area contributed by atoms with Gasteiger partial charge in [-0.25, -0.2) is 8.78 Å². The van der Waals surface area contributed by atoms with E-state index >= 15 is 0 Å². The number of halogens is 3. The molecule has 0 heterocycles. The molecule has 0 aliphatic heterocycles. The van der Waals surface area contributed by atoms with Crippen molar-refractivity contribution in [3.05, 3.63) is 70.8 Å². The Hall–Kier alpha value is -1.75. The summed E-state index contributed by atoms with van der Waals surface area (Å²) < 4.78 is 27.5. The summed E-state index contributed by atoms with van der Waals surface area (Å²) >= 11 is 3.44. The van der Waals surface area contributed by atoms with Crippen LogP contribution in [-0.2, 0) is 0 Å². The molecule has 2 aromatic rings. The van der Waals surface area contributed by atoms with Crippen molar-refractivity contribution in [2.75, 3.05) is 6.54 Å². The Morgan fingerprint density at radius 1 is 1.19 bits per heavy atom. The highest BCUT2D eigenvalue weighted by atomic mass is 79.9. The first kappa shape index (κ1) is 15.6. The van der Waals surface area contributed by atoms with E-state index in [9.17, 15) is 13.6 Å². The highest BCUT2D eigenvalue weighted by molar-refractivity contribution is 9.09. The number of nitrogens with one attached hydrogen (secondary N) is 1. The molecule has 0 aliphatic carbocycles. The first-order valence-electron chi connectivity index (χ1n) is 6.42. The molecule has 0 spiro atoms. The predicted molar refractivity (Wildman–Crippen MR) is 81.5 cm³/mol. The van der Waals surface area contributed by atoms with Crippen LogP contribution in [0.3, 0.4) is 0 Å². The Morgan fingerprint density at radius 2 is 1.86 bits per heavy atom. The van der Waals surface area contributed by atoms with E-state index in [-0.39, 0.29) is 16.9 Å². The molecule has 1 N–H and O–H groups in total. The normalized spacial score (nSPS) is 12.0. The number of aryl methyl sites for hydroxylation is 1. The lowest BCUT2D eigenvalue weighted by molar-refractivity contribution is 0.0945. The summed E-state index contributed by atoms with van der Waals surface area (Å²) in [4.78, 5) is 11.8. The molecule has 0 aliphatic rings. The van der Waals surface area contributed by atoms with Crippen LogP contribution >= 0.6 is 15.9 Å². The number of amides is 1. The molecule has 1 atom stereocenters. The zero-order valence-electron chi connectivity index (χ0n) is 11.4. The van der Waals surface area contributed by atoms with E-state index in [1.807, 2.05) is 30.3 Å². The summed E-state index contributed by atoms with van der Waals surface area (Å²) in [7, 11) is 0. The van der Waals surface area contributed by atoms with Gasteiger partial charge in [-0.15, -0.1) is 0 Å². The molecule has 110 valence electrons. The van der Waals surface area contributed by atoms with Crippen molar-refractivity contribution in [3.8, 4) is 0 Å². The van der Waals surface area contributed by atoms with Crippen LogP contribution in [0.4, 0.5) is 8.78 Å². The Balaban J connectivity index is 2.08. The summed E-state index contributed by atoms with van der Waals surface area (Å²) in [5.74, 6) is -2.44. The minimum atomic E-state index is -0.860. The zero-order valence-corrected chi connectivity index (χ0v) is 13.0. The third kappa shape index (κ3) is 3.67. The second kappa shape index (κ2) is 6.80. The molecule has 0 aromatic heterocycles. The van der Waals surface area contributed by atoms with Gasteiger partial charge in [0.25, 0.3) is 5.91 Å². The number of benzene rings is 2. The van der Waals surface area contributed by atoms with E-state index < -0.39 is 23.1 Å². The van der Waals surface area contributed by atoms with Crippen molar-refractivity contribution in [1.82, 2.24) is 5.32 Å². The number of carbonyl (C=O) groups excluding carboxylic acids is 1. The molecule has 21 heavy (non-hydrogen) atoms. The molecule has 0 saturated carbocycles. The first-order chi connectivity index (χ1) is 10.0. The van der Waals surface area contributed by atoms with Crippen LogP contribution in [0.2, 0.25) is 0 Å². The zero-order chi connectivity index (χ0) is 15.4. The number of hydrogen-bond donors (Lipinski definition) is 1. The monoisotopic (exact) mass is 353 g/mol. The van der Waals surface area contributed by atoms with E-state index in [4.69, 9.17) is 0 Å². The lowest BCUT2D eigenvalue weighted by Gasteiger charge is -2.13. The largest absolute Gasteiger partial charge is 0.350 e. The number of hydrogen-bond acceptors (Lipinski definition) is 1. The van der Waals surface area contributed by atoms with Crippen molar-refractivity contribution < 1.29 is 13.6 Å². The smallest absolute Gasteiger partial charge is 0.257 e. The Bertz CT molecular complexity index is 646. The molecule has 0 bridgehead atoms. The molecular weight excluding hydrogens is 340 g/mol. The Morgan fingerprint density at radius 3 is 2.52 bits per heavy atom. The third-order valence-corrected chi connectivity index (χ3v) is 3.97. The SMILES string of the molecule is Cc1ccc(F)c(C(=O)NCC(Br)c2ccccc2)c1F. The maximum absolute atomic E-state index is 13.8. The summed E-state index contributed by atoms with van der Waals surface area (Å²) in [5.41, 5.74) is 0.672. The lowest BCUT2D eigenvalue weighted by atomic mass is 10.1. The van der Waals surface area contributed by atoms with Crippen LogP contribution in [-0.4, -0.2) is 12.5 Å². The number of carbonyl (C=O) groups is 1. The fourth-order valence-corrected chi connectivity index (χ4v) is 2.38. The summed E-state index contributed by atoms with van der Waals surface area (Å²) in [6, 6.07) is 11.9. The van der Waals surface area contributed by atoms with E-state index in [0.717, 1.165) is 11.6 Å². The van der Waals surface area contributed by atoms with Crippen LogP contribution < -0.4 is 5.32 Å². The van der Waals surface area contributed by atoms with Crippen LogP contribution in [0, 0.1) is 18.6 Å². The van der Waals surface area contributed by atoms with Gasteiger partial charge in [0.15, 0.2) is 0 Å². The van der Waals surface area contributed by atoms with E-state index in [1.165, 1.54) is 13.0 Å². The summed E-state index contributed by atoms with van der Waals surface area (Å²) in [5, 5.41) is 2.54. The predicted octanol–water partition coefficient (Wildman–Crippen LogP) is 4.14. The van der Waals surface area contributed by atoms with Crippen LogP contribution in [0.1, 0.15) is 26.3 Å². The van der Waals surface area contributed by atoms with Gasteiger partial charge in [0.05, 0.1) is 4.83 Å². The summed E-state index contributed by atoms with van der Waals surface area (Å²) in [6.07, 6.45) is 0. The highest BCUT2D eigenvalue weighted by Gasteiger charge is 2.19. The minimum Gasteiger partial charge on any atom is -0.350 e. The van der Waals surface area contributed by atoms with Gasteiger partial charge in [0.2, 0.25) is 0 Å². The molecule has 0 fully saturated rings. The average Bonchev–Trinajstić information content (AvgIpc) is 2.50. The van der Waals surface area contributed by atoms with Crippen LogP contribution in [0.25, 0.3) is 0 Å². The quantitative estimate of drug-likeness (QED) is 0.822. The van der Waals surface area contributed by atoms with Crippen molar-refractivity contribution in [2.45, 2.75) is 11.8 Å². The summed E-state index contributed by atoms with van der Waals surface area (Å²) in [6.45, 7) is 1.72. The molecule has 1 amide bonds. The molecule has 2 aromatic carbocycles. The lowest BCUT2D eigenvalue weighted by Crippen LogP contribution is -2.28. The second-order valence-electron chi connectivity index (χ2n) is 4.64. The van der Waals surface area contributed by atoms with E-state index in [0.29, 0.717) is 0 Å². The Kier molecular flexibility index (Phi) is 5.07. The molecule has 0 saturated heterocycles. The minimum absolute atomic E-state index is 0.126. The molecule has 2 rings (SSSR count). The first-order valence-corrected chi connectivity index (χ1v) is 7.34. The van der Waals surface area contributed by atoms with Crippen molar-refractivity contribution in [1.29, 1.82) is 0 Å². The van der Waals surface area contributed by atoms with Gasteiger partial charge in [-0.2, -0.15) is 0 Å². The topological polar surface area (TPSA) is 29.1 Å². The van der Waals surface area contributed by atoms with Crippen LogP contribution in [0.5, 0.6) is 0 Å². The van der Waals surface area contributed by atoms with Crippen molar-refractivity contribution >= 4 is 21.8 Å². The van der Waals surface area contributed by atoms with Gasteiger partial charge in [-0.05, 0) is 24.1 Å². The van der Waals surface area contributed by atoms with Gasteiger partial charge in [0, 0.05) is 6.54 Å².